The van der Waals surface area contributed by atoms with E-state index in [9.17, 15) is 0 Å². The van der Waals surface area contributed by atoms with Gasteiger partial charge in [0.05, 0.1) is 6.54 Å². The number of nitrogens with zero attached hydrogens (tertiary/aromatic N) is 3. The molecule has 5 heteroatoms. The molecule has 0 radical (unpaired) electrons. The monoisotopic (exact) mass is 299 g/mol. The highest BCUT2D eigenvalue weighted by Gasteiger charge is 2.12. The maximum absolute atomic E-state index is 5.76. The Morgan fingerprint density at radius 2 is 1.90 bits per heavy atom. The minimum Gasteiger partial charge on any atom is -0.419 e. The number of hydrogen-bond acceptors (Lipinski definition) is 5. The Labute approximate surface area is 128 Å². The summed E-state index contributed by atoms with van der Waals surface area (Å²) < 4.78 is 5.76. The molecule has 3 aromatic rings. The summed E-state index contributed by atoms with van der Waals surface area (Å²) >= 11 is 1.77. The van der Waals surface area contributed by atoms with E-state index in [0.717, 1.165) is 18.7 Å². The molecule has 0 amide bonds. The maximum atomic E-state index is 5.76. The zero-order valence-corrected chi connectivity index (χ0v) is 12.7. The average molecular weight is 299 g/mol. The van der Waals surface area contributed by atoms with Crippen molar-refractivity contribution in [3.63, 3.8) is 0 Å². The Balaban J connectivity index is 1.68. The van der Waals surface area contributed by atoms with Crippen LogP contribution in [0.4, 0.5) is 0 Å². The van der Waals surface area contributed by atoms with Crippen LogP contribution < -0.4 is 0 Å². The lowest BCUT2D eigenvalue weighted by Gasteiger charge is -2.16. The molecule has 2 heterocycles. The summed E-state index contributed by atoms with van der Waals surface area (Å²) in [6.45, 7) is 4.68. The van der Waals surface area contributed by atoms with Crippen molar-refractivity contribution >= 4 is 11.3 Å². The van der Waals surface area contributed by atoms with Gasteiger partial charge in [-0.15, -0.1) is 21.5 Å². The van der Waals surface area contributed by atoms with Gasteiger partial charge in [0, 0.05) is 17.0 Å². The van der Waals surface area contributed by atoms with Gasteiger partial charge in [-0.1, -0.05) is 31.2 Å². The van der Waals surface area contributed by atoms with Gasteiger partial charge in [0.15, 0.2) is 0 Å². The number of hydrogen-bond donors (Lipinski definition) is 0. The van der Waals surface area contributed by atoms with Gasteiger partial charge in [-0.3, -0.25) is 4.90 Å². The van der Waals surface area contributed by atoms with Gasteiger partial charge in [-0.05, 0) is 30.1 Å². The molecular weight excluding hydrogens is 282 g/mol. The van der Waals surface area contributed by atoms with Crippen molar-refractivity contribution < 1.29 is 4.42 Å². The third-order valence-electron chi connectivity index (χ3n) is 3.25. The first-order chi connectivity index (χ1) is 10.3. The molecule has 0 atom stereocenters. The Hall–Kier alpha value is -1.98. The molecule has 4 nitrogen and oxygen atoms in total. The topological polar surface area (TPSA) is 42.2 Å². The molecule has 0 aliphatic rings. The molecule has 0 bridgehead atoms. The van der Waals surface area contributed by atoms with E-state index in [1.165, 1.54) is 4.88 Å². The molecule has 0 fully saturated rings. The van der Waals surface area contributed by atoms with Gasteiger partial charge in [-0.25, -0.2) is 0 Å². The zero-order valence-electron chi connectivity index (χ0n) is 11.9. The van der Waals surface area contributed by atoms with Crippen molar-refractivity contribution in [3.8, 4) is 11.5 Å². The maximum Gasteiger partial charge on any atom is 0.247 e. The second-order valence-electron chi connectivity index (χ2n) is 4.75. The summed E-state index contributed by atoms with van der Waals surface area (Å²) in [6, 6.07) is 14.1. The summed E-state index contributed by atoms with van der Waals surface area (Å²) in [6.07, 6.45) is 0. The molecule has 0 unspecified atom stereocenters. The molecular formula is C16H17N3OS. The highest BCUT2D eigenvalue weighted by atomic mass is 32.1. The van der Waals surface area contributed by atoms with Gasteiger partial charge < -0.3 is 4.42 Å². The average Bonchev–Trinajstić information content (AvgIpc) is 3.19. The number of thiophene rings is 1. The van der Waals surface area contributed by atoms with Crippen LogP contribution in [0.1, 0.15) is 17.7 Å². The van der Waals surface area contributed by atoms with Crippen LogP contribution in [-0.4, -0.2) is 21.6 Å². The summed E-state index contributed by atoms with van der Waals surface area (Å²) in [5.74, 6) is 1.24. The van der Waals surface area contributed by atoms with E-state index >= 15 is 0 Å². The second kappa shape index (κ2) is 6.65. The van der Waals surface area contributed by atoms with Crippen LogP contribution in [0.5, 0.6) is 0 Å². The van der Waals surface area contributed by atoms with E-state index in [1.807, 2.05) is 30.3 Å². The molecule has 108 valence electrons. The highest BCUT2D eigenvalue weighted by Crippen LogP contribution is 2.18. The molecule has 0 spiro atoms. The van der Waals surface area contributed by atoms with E-state index in [-0.39, 0.29) is 0 Å². The summed E-state index contributed by atoms with van der Waals surface area (Å²) in [5.41, 5.74) is 0.956. The van der Waals surface area contributed by atoms with Gasteiger partial charge in [-0.2, -0.15) is 0 Å². The Morgan fingerprint density at radius 3 is 2.62 bits per heavy atom. The lowest BCUT2D eigenvalue weighted by atomic mass is 10.2. The fourth-order valence-electron chi connectivity index (χ4n) is 2.11. The smallest absolute Gasteiger partial charge is 0.247 e. The molecule has 3 rings (SSSR count). The van der Waals surface area contributed by atoms with E-state index in [4.69, 9.17) is 4.42 Å². The summed E-state index contributed by atoms with van der Waals surface area (Å²) in [5, 5.41) is 10.4. The summed E-state index contributed by atoms with van der Waals surface area (Å²) in [7, 11) is 0. The molecule has 21 heavy (non-hydrogen) atoms. The Bertz CT molecular complexity index is 664. The number of aromatic nitrogens is 2. The molecule has 0 saturated carbocycles. The van der Waals surface area contributed by atoms with Crippen LogP contribution in [0.15, 0.2) is 52.3 Å². The Kier molecular flexibility index (Phi) is 4.43. The molecule has 2 aromatic heterocycles. The van der Waals surface area contributed by atoms with Gasteiger partial charge in [0.1, 0.15) is 0 Å². The van der Waals surface area contributed by atoms with Crippen molar-refractivity contribution in [2.24, 2.45) is 0 Å². The minimum absolute atomic E-state index is 0.581. The Morgan fingerprint density at radius 1 is 1.05 bits per heavy atom. The van der Waals surface area contributed by atoms with Gasteiger partial charge >= 0.3 is 0 Å². The minimum atomic E-state index is 0.581. The molecule has 1 aromatic carbocycles. The first-order valence-electron chi connectivity index (χ1n) is 6.97. The molecule has 0 N–H and O–H groups in total. The predicted octanol–water partition coefficient (Wildman–Crippen LogP) is 3.82. The van der Waals surface area contributed by atoms with E-state index in [1.54, 1.807) is 11.3 Å². The standard InChI is InChI=1S/C16H17N3OS/c1-2-19(11-14-9-6-10-21-14)12-15-17-18-16(20-15)13-7-4-3-5-8-13/h3-10H,2,11-12H2,1H3. The first kappa shape index (κ1) is 14.0. The number of benzene rings is 1. The van der Waals surface area contributed by atoms with Crippen LogP contribution in [0.25, 0.3) is 11.5 Å². The molecule has 0 saturated heterocycles. The molecule has 0 aliphatic carbocycles. The van der Waals surface area contributed by atoms with E-state index in [0.29, 0.717) is 18.3 Å². The third-order valence-corrected chi connectivity index (χ3v) is 4.11. The largest absolute Gasteiger partial charge is 0.419 e. The van der Waals surface area contributed by atoms with Crippen LogP contribution in [0.3, 0.4) is 0 Å². The van der Waals surface area contributed by atoms with Crippen molar-refractivity contribution in [1.29, 1.82) is 0 Å². The fraction of sp³-hybridized carbons (Fsp3) is 0.250. The second-order valence-corrected chi connectivity index (χ2v) is 5.78. The van der Waals surface area contributed by atoms with Crippen LogP contribution in [0.2, 0.25) is 0 Å². The third kappa shape index (κ3) is 3.56. The van der Waals surface area contributed by atoms with Crippen LogP contribution >= 0.6 is 11.3 Å². The van der Waals surface area contributed by atoms with Crippen LogP contribution in [-0.2, 0) is 13.1 Å². The van der Waals surface area contributed by atoms with Gasteiger partial charge in [0.25, 0.3) is 0 Å². The fourth-order valence-corrected chi connectivity index (χ4v) is 2.85. The van der Waals surface area contributed by atoms with Crippen molar-refractivity contribution in [2.45, 2.75) is 20.0 Å². The van der Waals surface area contributed by atoms with E-state index < -0.39 is 0 Å². The highest BCUT2D eigenvalue weighted by molar-refractivity contribution is 7.09. The van der Waals surface area contributed by atoms with E-state index in [2.05, 4.69) is 39.5 Å². The molecule has 0 aliphatic heterocycles. The quantitative estimate of drug-likeness (QED) is 0.694. The first-order valence-corrected chi connectivity index (χ1v) is 7.85. The van der Waals surface area contributed by atoms with Gasteiger partial charge in [0.2, 0.25) is 11.8 Å². The SMILES string of the molecule is CCN(Cc1nnc(-c2ccccc2)o1)Cc1cccs1. The van der Waals surface area contributed by atoms with Crippen molar-refractivity contribution in [1.82, 2.24) is 15.1 Å². The predicted molar refractivity (Wildman–Crippen MR) is 83.8 cm³/mol. The van der Waals surface area contributed by atoms with Crippen molar-refractivity contribution in [2.75, 3.05) is 6.54 Å². The lowest BCUT2D eigenvalue weighted by Crippen LogP contribution is -2.21. The summed E-state index contributed by atoms with van der Waals surface area (Å²) in [4.78, 5) is 3.63. The van der Waals surface area contributed by atoms with Crippen LogP contribution in [0, 0.1) is 0 Å². The number of rotatable bonds is 6. The van der Waals surface area contributed by atoms with Crippen molar-refractivity contribution in [3.05, 3.63) is 58.6 Å². The lowest BCUT2D eigenvalue weighted by molar-refractivity contribution is 0.245. The normalized spacial score (nSPS) is 11.1. The zero-order chi connectivity index (χ0) is 14.5.